The van der Waals surface area contributed by atoms with Gasteiger partial charge in [-0.05, 0) is 36.8 Å². The van der Waals surface area contributed by atoms with E-state index in [0.717, 1.165) is 29.0 Å². The second kappa shape index (κ2) is 7.66. The average Bonchev–Trinajstić information content (AvgIpc) is 2.68. The van der Waals surface area contributed by atoms with Crippen LogP contribution in [0.2, 0.25) is 0 Å². The van der Waals surface area contributed by atoms with E-state index in [4.69, 9.17) is 0 Å². The summed E-state index contributed by atoms with van der Waals surface area (Å²) in [6.07, 6.45) is 7.63. The van der Waals surface area contributed by atoms with Crippen molar-refractivity contribution >= 4 is 16.7 Å². The molecule has 1 N–H and O–H groups in total. The first kappa shape index (κ1) is 17.4. The molecule has 0 aliphatic rings. The van der Waals surface area contributed by atoms with E-state index in [-0.39, 0.29) is 6.86 Å². The second-order valence-electron chi connectivity index (χ2n) is 5.80. The van der Waals surface area contributed by atoms with Crippen molar-refractivity contribution in [2.45, 2.75) is 13.3 Å². The Hall–Kier alpha value is -3.40. The summed E-state index contributed by atoms with van der Waals surface area (Å²) in [5.74, 6) is 0.662. The van der Waals surface area contributed by atoms with Gasteiger partial charge in [0.2, 0.25) is 0 Å². The minimum absolute atomic E-state index is 0. The molecule has 0 atom stereocenters. The van der Waals surface area contributed by atoms with Crippen LogP contribution < -0.4 is 10.7 Å². The molecule has 0 spiro atoms. The maximum atomic E-state index is 12.7. The zero-order valence-corrected chi connectivity index (χ0v) is 14.8. The lowest BCUT2D eigenvalue weighted by molar-refractivity contribution is 1.03. The molecule has 0 saturated heterocycles. The Bertz CT molecular complexity index is 1050. The van der Waals surface area contributed by atoms with Crippen LogP contribution in [0.3, 0.4) is 0 Å². The van der Waals surface area contributed by atoms with Crippen molar-refractivity contribution in [3.63, 3.8) is 0 Å². The van der Waals surface area contributed by atoms with E-state index in [2.05, 4.69) is 23.5 Å². The van der Waals surface area contributed by atoms with Crippen molar-refractivity contribution in [3.05, 3.63) is 102 Å². The summed E-state index contributed by atoms with van der Waals surface area (Å²) in [4.78, 5) is 17.0. The quantitative estimate of drug-likeness (QED) is 0.649. The molecule has 0 aliphatic heterocycles. The summed E-state index contributed by atoms with van der Waals surface area (Å²) in [7, 11) is 0. The van der Waals surface area contributed by atoms with Crippen LogP contribution in [-0.4, -0.2) is 9.55 Å². The maximum absolute atomic E-state index is 12.7. The van der Waals surface area contributed by atoms with Crippen molar-refractivity contribution in [3.8, 4) is 5.69 Å². The highest BCUT2D eigenvalue weighted by Gasteiger charge is 2.12. The first-order valence-corrected chi connectivity index (χ1v) is 8.50. The van der Waals surface area contributed by atoms with Crippen molar-refractivity contribution < 1.29 is 1.43 Å². The molecule has 0 unspecified atom stereocenters. The van der Waals surface area contributed by atoms with Gasteiger partial charge in [-0.3, -0.25) is 14.3 Å². The van der Waals surface area contributed by atoms with Gasteiger partial charge in [-0.2, -0.15) is 0 Å². The molecule has 3 rings (SSSR count). The first-order chi connectivity index (χ1) is 12.7. The number of nitrogens with zero attached hydrogens (tertiary/aromatic N) is 2. The minimum Gasteiger partial charge on any atom is -0.341 e. The van der Waals surface area contributed by atoms with Crippen LogP contribution in [0, 0.1) is 0 Å². The van der Waals surface area contributed by atoms with Crippen LogP contribution in [0.4, 0.5) is 5.82 Å². The lowest BCUT2D eigenvalue weighted by Crippen LogP contribution is -2.14. The molecule has 1 aromatic carbocycles. The normalized spacial score (nSPS) is 11.3. The summed E-state index contributed by atoms with van der Waals surface area (Å²) in [5.41, 5.74) is 3.39. The first-order valence-electron chi connectivity index (χ1n) is 8.50. The highest BCUT2D eigenvalue weighted by molar-refractivity contribution is 5.83. The summed E-state index contributed by atoms with van der Waals surface area (Å²) in [6, 6.07) is 13.5. The van der Waals surface area contributed by atoms with Gasteiger partial charge in [0.05, 0.1) is 10.9 Å². The van der Waals surface area contributed by atoms with Crippen molar-refractivity contribution in [1.29, 1.82) is 0 Å². The molecule has 0 amide bonds. The molecule has 0 bridgehead atoms. The minimum atomic E-state index is -0.0770. The number of para-hydroxylation sites is 1. The predicted octanol–water partition coefficient (Wildman–Crippen LogP) is 4.86. The monoisotopic (exact) mass is 345 g/mol. The summed E-state index contributed by atoms with van der Waals surface area (Å²) in [6.45, 7) is 9.58. The van der Waals surface area contributed by atoms with Gasteiger partial charge in [-0.15, -0.1) is 0 Å². The topological polar surface area (TPSA) is 46.9 Å². The summed E-state index contributed by atoms with van der Waals surface area (Å²) >= 11 is 0. The third-order valence-electron chi connectivity index (χ3n) is 4.12. The number of hydrogen-bond acceptors (Lipinski definition) is 3. The Labute approximate surface area is 154 Å². The van der Waals surface area contributed by atoms with Gasteiger partial charge in [0.1, 0.15) is 5.82 Å². The molecule has 3 aromatic rings. The summed E-state index contributed by atoms with van der Waals surface area (Å²) < 4.78 is 2.03. The van der Waals surface area contributed by atoms with Gasteiger partial charge in [-0.1, -0.05) is 44.4 Å². The lowest BCUT2D eigenvalue weighted by atomic mass is 10.2. The Morgan fingerprint density at radius 2 is 2.04 bits per heavy atom. The Morgan fingerprint density at radius 3 is 2.69 bits per heavy atom. The maximum Gasteiger partial charge on any atom is 0.193 e. The third kappa shape index (κ3) is 3.35. The zero-order chi connectivity index (χ0) is 18.5. The molecule has 4 heteroatoms. The van der Waals surface area contributed by atoms with E-state index in [1.54, 1.807) is 30.5 Å². The molecule has 0 fully saturated rings. The molecular formula is C22H23N3O. The largest absolute Gasteiger partial charge is 0.341 e. The van der Waals surface area contributed by atoms with E-state index in [0.29, 0.717) is 11.2 Å². The van der Waals surface area contributed by atoms with Crippen molar-refractivity contribution in [1.82, 2.24) is 9.55 Å². The fourth-order valence-corrected chi connectivity index (χ4v) is 2.83. The number of allylic oxidation sites excluding steroid dienone is 3. The number of benzene rings is 1. The van der Waals surface area contributed by atoms with Gasteiger partial charge in [0.15, 0.2) is 5.43 Å². The number of aryl methyl sites for hydroxylation is 1. The SMILES string of the molecule is C=C/C=C(\C=C)Nc1cc(=O)c2cnc(CC)cc2n1-c1ccccc1.[HH]. The standard InChI is InChI=1S/C22H21N3O.H2/c1-4-10-16(5-2)24-22-14-21(26)19-15-23-17(6-3)13-20(19)25(22)18-11-8-7-9-12-18;/h4-5,7-15,24H,1-2,6H2,3H3;1H/b16-10+;. The number of aromatic nitrogens is 2. The van der Waals surface area contributed by atoms with Crippen LogP contribution in [-0.2, 0) is 6.42 Å². The Morgan fingerprint density at radius 1 is 1.27 bits per heavy atom. The van der Waals surface area contributed by atoms with Crippen LogP contribution >= 0.6 is 0 Å². The van der Waals surface area contributed by atoms with Crippen LogP contribution in [0.1, 0.15) is 14.0 Å². The zero-order valence-electron chi connectivity index (χ0n) is 14.8. The van der Waals surface area contributed by atoms with Gasteiger partial charge in [0.25, 0.3) is 0 Å². The van der Waals surface area contributed by atoms with Gasteiger partial charge in [0, 0.05) is 30.8 Å². The molecule has 0 radical (unpaired) electrons. The molecule has 2 aromatic heterocycles. The molecular weight excluding hydrogens is 322 g/mol. The van der Waals surface area contributed by atoms with E-state index in [1.807, 2.05) is 47.9 Å². The van der Waals surface area contributed by atoms with Gasteiger partial charge < -0.3 is 5.32 Å². The number of pyridine rings is 2. The molecule has 26 heavy (non-hydrogen) atoms. The van der Waals surface area contributed by atoms with Crippen molar-refractivity contribution in [2.75, 3.05) is 5.32 Å². The Balaban J connectivity index is 0.00000261. The van der Waals surface area contributed by atoms with Gasteiger partial charge in [-0.25, -0.2) is 0 Å². The lowest BCUT2D eigenvalue weighted by Gasteiger charge is -2.19. The average molecular weight is 345 g/mol. The number of rotatable bonds is 6. The Kier molecular flexibility index (Phi) is 5.13. The van der Waals surface area contributed by atoms with E-state index < -0.39 is 0 Å². The van der Waals surface area contributed by atoms with Crippen molar-refractivity contribution in [2.24, 2.45) is 0 Å². The molecule has 132 valence electrons. The van der Waals surface area contributed by atoms with E-state index in [1.165, 1.54) is 0 Å². The fourth-order valence-electron chi connectivity index (χ4n) is 2.83. The number of hydrogen-bond donors (Lipinski definition) is 1. The van der Waals surface area contributed by atoms with Crippen LogP contribution in [0.25, 0.3) is 16.6 Å². The number of anilines is 1. The van der Waals surface area contributed by atoms with Crippen LogP contribution in [0.15, 0.2) is 90.5 Å². The fraction of sp³-hybridized carbons (Fsp3) is 0.0909. The summed E-state index contributed by atoms with van der Waals surface area (Å²) in [5, 5.41) is 3.87. The molecule has 2 heterocycles. The number of fused-ring (bicyclic) bond motifs is 1. The predicted molar refractivity (Wildman–Crippen MR) is 111 cm³/mol. The molecule has 4 nitrogen and oxygen atoms in total. The smallest absolute Gasteiger partial charge is 0.193 e. The van der Waals surface area contributed by atoms with E-state index in [9.17, 15) is 4.79 Å². The number of nitrogens with one attached hydrogen (secondary N) is 1. The molecule has 0 saturated carbocycles. The second-order valence-corrected chi connectivity index (χ2v) is 5.80. The van der Waals surface area contributed by atoms with Gasteiger partial charge >= 0.3 is 0 Å². The van der Waals surface area contributed by atoms with Crippen LogP contribution in [0.5, 0.6) is 0 Å². The highest BCUT2D eigenvalue weighted by Crippen LogP contribution is 2.24. The highest BCUT2D eigenvalue weighted by atomic mass is 16.1. The molecule has 0 aliphatic carbocycles. The third-order valence-corrected chi connectivity index (χ3v) is 4.12. The van der Waals surface area contributed by atoms with E-state index >= 15 is 0 Å².